The Labute approximate surface area is 195 Å². The topological polar surface area (TPSA) is 67.9 Å². The van der Waals surface area contributed by atoms with Gasteiger partial charge in [-0.05, 0) is 29.3 Å². The minimum absolute atomic E-state index is 0.266. The molecule has 154 valence electrons. The van der Waals surface area contributed by atoms with Crippen molar-refractivity contribution in [3.8, 4) is 12.1 Å². The van der Waals surface area contributed by atoms with Crippen LogP contribution in [0.5, 0.6) is 0 Å². The predicted molar refractivity (Wildman–Crippen MR) is 127 cm³/mol. The molecule has 3 aromatic rings. The minimum Gasteiger partial charge on any atom is -0.346 e. The summed E-state index contributed by atoms with van der Waals surface area (Å²) < 4.78 is 0.856. The monoisotopic (exact) mass is 479 g/mol. The summed E-state index contributed by atoms with van der Waals surface area (Å²) in [5, 5.41) is 21.0. The van der Waals surface area contributed by atoms with E-state index in [0.29, 0.717) is 5.56 Å². The summed E-state index contributed by atoms with van der Waals surface area (Å²) >= 11 is 3.41. The number of Topliss-reactive ketones (excluding diaryl/α,β-unsaturated/α-hetero) is 1. The Kier molecular flexibility index (Phi) is 4.93. The molecule has 4 atom stereocenters. The van der Waals surface area contributed by atoms with Gasteiger partial charge in [0.15, 0.2) is 11.2 Å². The van der Waals surface area contributed by atoms with Gasteiger partial charge in [0, 0.05) is 21.6 Å². The highest BCUT2D eigenvalue weighted by molar-refractivity contribution is 9.10. The fourth-order valence-electron chi connectivity index (χ4n) is 5.13. The van der Waals surface area contributed by atoms with Crippen molar-refractivity contribution >= 4 is 33.5 Å². The van der Waals surface area contributed by atoms with Gasteiger partial charge in [0.1, 0.15) is 6.04 Å². The average molecular weight is 480 g/mol. The third kappa shape index (κ3) is 2.83. The lowest BCUT2D eigenvalue weighted by Gasteiger charge is -2.35. The summed E-state index contributed by atoms with van der Waals surface area (Å²) in [7, 11) is 0. The number of benzene rings is 3. The number of hydrogen-bond donors (Lipinski definition) is 0. The Balaban J connectivity index is 1.78. The van der Waals surface area contributed by atoms with Gasteiger partial charge < -0.3 is 4.90 Å². The van der Waals surface area contributed by atoms with E-state index < -0.39 is 23.4 Å². The highest BCUT2D eigenvalue weighted by Crippen LogP contribution is 2.56. The number of nitrogens with zero attached hydrogens (tertiary/aromatic N) is 3. The first kappa shape index (κ1) is 20.2. The maximum absolute atomic E-state index is 14.1. The van der Waals surface area contributed by atoms with Crippen LogP contribution in [0.25, 0.3) is 6.08 Å². The molecule has 3 aromatic carbocycles. The average Bonchev–Trinajstić information content (AvgIpc) is 3.15. The summed E-state index contributed by atoms with van der Waals surface area (Å²) in [5.74, 6) is -0.881. The highest BCUT2D eigenvalue weighted by atomic mass is 79.9. The summed E-state index contributed by atoms with van der Waals surface area (Å²) in [6.07, 6.45) is 3.87. The predicted octanol–water partition coefficient (Wildman–Crippen LogP) is 5.73. The van der Waals surface area contributed by atoms with E-state index in [2.05, 4.69) is 28.1 Å². The molecule has 0 aromatic heterocycles. The number of hydrogen-bond acceptors (Lipinski definition) is 4. The molecule has 1 fully saturated rings. The third-order valence-electron chi connectivity index (χ3n) is 6.50. The van der Waals surface area contributed by atoms with Crippen LogP contribution >= 0.6 is 15.9 Å². The molecular formula is C27H18BrN3O. The van der Waals surface area contributed by atoms with Gasteiger partial charge in [-0.25, -0.2) is 0 Å². The quantitative estimate of drug-likeness (QED) is 0.449. The zero-order valence-electron chi connectivity index (χ0n) is 17.0. The van der Waals surface area contributed by atoms with Crippen molar-refractivity contribution in [3.63, 3.8) is 0 Å². The third-order valence-corrected chi connectivity index (χ3v) is 7.03. The zero-order chi connectivity index (χ0) is 22.3. The van der Waals surface area contributed by atoms with E-state index in [1.165, 1.54) is 0 Å². The van der Waals surface area contributed by atoms with Gasteiger partial charge in [-0.2, -0.15) is 10.5 Å². The van der Waals surface area contributed by atoms with E-state index in [1.807, 2.05) is 71.6 Å². The Morgan fingerprint density at radius 3 is 2.31 bits per heavy atom. The van der Waals surface area contributed by atoms with Gasteiger partial charge in [-0.3, -0.25) is 4.79 Å². The first-order valence-corrected chi connectivity index (χ1v) is 11.1. The first-order valence-electron chi connectivity index (χ1n) is 10.3. The van der Waals surface area contributed by atoms with Gasteiger partial charge >= 0.3 is 0 Å². The number of carbonyl (C=O) groups is 1. The van der Waals surface area contributed by atoms with Crippen molar-refractivity contribution in [1.29, 1.82) is 10.5 Å². The van der Waals surface area contributed by atoms with Crippen LogP contribution < -0.4 is 4.90 Å². The van der Waals surface area contributed by atoms with Crippen LogP contribution in [0.3, 0.4) is 0 Å². The Morgan fingerprint density at radius 2 is 1.62 bits per heavy atom. The number of fused-ring (bicyclic) bond motifs is 3. The van der Waals surface area contributed by atoms with Crippen LogP contribution in [-0.4, -0.2) is 17.9 Å². The zero-order valence-corrected chi connectivity index (χ0v) is 18.6. The number of anilines is 1. The second-order valence-corrected chi connectivity index (χ2v) is 8.96. The summed E-state index contributed by atoms with van der Waals surface area (Å²) in [4.78, 5) is 16.1. The van der Waals surface area contributed by atoms with Gasteiger partial charge in [-0.1, -0.05) is 88.7 Å². The lowest BCUT2D eigenvalue weighted by Crippen LogP contribution is -2.45. The number of halogens is 1. The second kappa shape index (κ2) is 7.79. The van der Waals surface area contributed by atoms with E-state index in [-0.39, 0.29) is 5.78 Å². The normalized spacial score (nSPS) is 25.3. The van der Waals surface area contributed by atoms with E-state index in [4.69, 9.17) is 0 Å². The van der Waals surface area contributed by atoms with Crippen molar-refractivity contribution in [2.24, 2.45) is 5.41 Å². The Bertz CT molecular complexity index is 1300. The van der Waals surface area contributed by atoms with Gasteiger partial charge in [0.05, 0.1) is 18.2 Å². The lowest BCUT2D eigenvalue weighted by atomic mass is 9.65. The number of nitriles is 2. The molecule has 2 aliphatic rings. The lowest BCUT2D eigenvalue weighted by molar-refractivity contribution is 0.0842. The fraction of sp³-hybridized carbons (Fsp3) is 0.148. The van der Waals surface area contributed by atoms with Gasteiger partial charge in [0.2, 0.25) is 0 Å². The molecule has 0 unspecified atom stereocenters. The molecule has 0 aliphatic carbocycles. The number of para-hydroxylation sites is 1. The molecule has 2 aliphatic heterocycles. The Hall–Kier alpha value is -3.67. The molecule has 0 amide bonds. The standard InChI is InChI=1S/C27H18BrN3O/c28-21-13-10-20(11-14-21)26(32)27(17-30)24-15-12-18-6-4-5-9-22(18)31(24)23(16-29)25(27)19-7-2-1-3-8-19/h1-15,23-25H/t23-,24-,25-,27+/m1/s1. The summed E-state index contributed by atoms with van der Waals surface area (Å²) in [5.41, 5.74) is 1.65. The van der Waals surface area contributed by atoms with Crippen molar-refractivity contribution < 1.29 is 4.79 Å². The van der Waals surface area contributed by atoms with Crippen LogP contribution in [0.1, 0.15) is 27.4 Å². The van der Waals surface area contributed by atoms with Crippen molar-refractivity contribution in [2.75, 3.05) is 4.90 Å². The number of carbonyl (C=O) groups excluding carboxylic acids is 1. The second-order valence-electron chi connectivity index (χ2n) is 8.05. The molecule has 5 heteroatoms. The van der Waals surface area contributed by atoms with E-state index in [9.17, 15) is 15.3 Å². The van der Waals surface area contributed by atoms with Gasteiger partial charge in [0.25, 0.3) is 0 Å². The summed E-state index contributed by atoms with van der Waals surface area (Å²) in [6, 6.07) is 28.0. The van der Waals surface area contributed by atoms with E-state index in [1.54, 1.807) is 24.3 Å². The molecule has 0 N–H and O–H groups in total. The van der Waals surface area contributed by atoms with Crippen LogP contribution in [0.2, 0.25) is 0 Å². The van der Waals surface area contributed by atoms with Crippen LogP contribution in [-0.2, 0) is 0 Å². The number of rotatable bonds is 3. The molecule has 0 bridgehead atoms. The van der Waals surface area contributed by atoms with Crippen molar-refractivity contribution in [2.45, 2.75) is 18.0 Å². The van der Waals surface area contributed by atoms with E-state index in [0.717, 1.165) is 21.3 Å². The molecular weight excluding hydrogens is 462 g/mol. The molecule has 0 saturated carbocycles. The summed E-state index contributed by atoms with van der Waals surface area (Å²) in [6.45, 7) is 0. The molecule has 2 heterocycles. The van der Waals surface area contributed by atoms with Crippen molar-refractivity contribution in [1.82, 2.24) is 0 Å². The molecule has 0 spiro atoms. The van der Waals surface area contributed by atoms with Crippen LogP contribution in [0.15, 0.2) is 89.4 Å². The highest BCUT2D eigenvalue weighted by Gasteiger charge is 2.64. The molecule has 5 rings (SSSR count). The van der Waals surface area contributed by atoms with Crippen molar-refractivity contribution in [3.05, 3.63) is 106 Å². The Morgan fingerprint density at radius 1 is 0.938 bits per heavy atom. The first-order chi connectivity index (χ1) is 15.6. The van der Waals surface area contributed by atoms with Gasteiger partial charge in [-0.15, -0.1) is 0 Å². The van der Waals surface area contributed by atoms with Crippen LogP contribution in [0, 0.1) is 28.1 Å². The molecule has 32 heavy (non-hydrogen) atoms. The largest absolute Gasteiger partial charge is 0.346 e. The van der Waals surface area contributed by atoms with E-state index >= 15 is 0 Å². The minimum atomic E-state index is -1.46. The maximum Gasteiger partial charge on any atom is 0.186 e. The smallest absolute Gasteiger partial charge is 0.186 e. The maximum atomic E-state index is 14.1. The molecule has 0 radical (unpaired) electrons. The fourth-order valence-corrected chi connectivity index (χ4v) is 5.40. The molecule has 1 saturated heterocycles. The molecule has 4 nitrogen and oxygen atoms in total. The number of ketones is 1. The van der Waals surface area contributed by atoms with Crippen LogP contribution in [0.4, 0.5) is 5.69 Å². The SMILES string of the molecule is N#C[C@@H]1[C@@H](c2ccccc2)[C@@](C#N)(C(=O)c2ccc(Br)cc2)[C@H]2C=Cc3ccccc3N12.